The summed E-state index contributed by atoms with van der Waals surface area (Å²) in [5.41, 5.74) is 3.89. The molecule has 0 saturated carbocycles. The Morgan fingerprint density at radius 3 is 2.53 bits per heavy atom. The Morgan fingerprint density at radius 1 is 1.26 bits per heavy atom. The molecule has 19 heavy (non-hydrogen) atoms. The zero-order chi connectivity index (χ0) is 13.7. The van der Waals surface area contributed by atoms with Gasteiger partial charge in [-0.3, -0.25) is 0 Å². The molecule has 2 aromatic rings. The van der Waals surface area contributed by atoms with Gasteiger partial charge in [0.25, 0.3) is 0 Å². The van der Waals surface area contributed by atoms with Crippen molar-refractivity contribution in [2.45, 2.75) is 12.5 Å². The normalized spacial score (nSPS) is 12.6. The van der Waals surface area contributed by atoms with Gasteiger partial charge >= 0.3 is 0 Å². The van der Waals surface area contributed by atoms with Crippen LogP contribution in [0.3, 0.4) is 0 Å². The van der Waals surface area contributed by atoms with Crippen LogP contribution in [0.2, 0.25) is 0 Å². The Bertz CT molecular complexity index is 509. The van der Waals surface area contributed by atoms with E-state index in [0.717, 1.165) is 13.0 Å². The molecule has 0 spiro atoms. The van der Waals surface area contributed by atoms with Crippen molar-refractivity contribution in [1.82, 2.24) is 5.32 Å². The largest absolute Gasteiger partial charge is 0.384 e. The fraction of sp³-hybridized carbons (Fsp3) is 0.333. The monoisotopic (exact) mass is 339 g/mol. The van der Waals surface area contributed by atoms with Gasteiger partial charge in [-0.05, 0) is 57.5 Å². The summed E-state index contributed by atoms with van der Waals surface area (Å²) < 4.78 is 6.27. The molecule has 0 aliphatic carbocycles. The summed E-state index contributed by atoms with van der Waals surface area (Å²) in [5.74, 6) is 0. The van der Waals surface area contributed by atoms with Gasteiger partial charge in [-0.15, -0.1) is 11.3 Å². The van der Waals surface area contributed by atoms with Gasteiger partial charge in [0.2, 0.25) is 0 Å². The van der Waals surface area contributed by atoms with Crippen LogP contribution < -0.4 is 5.32 Å². The second-order valence-corrected chi connectivity index (χ2v) is 6.68. The molecule has 0 aliphatic heterocycles. The SMILES string of the molecule is CNC(c1ccc(CCOC)cc1)c1csc(Br)c1. The lowest BCUT2D eigenvalue weighted by molar-refractivity contribution is 0.202. The van der Waals surface area contributed by atoms with E-state index in [1.54, 1.807) is 18.4 Å². The van der Waals surface area contributed by atoms with Crippen molar-refractivity contribution >= 4 is 27.3 Å². The first-order chi connectivity index (χ1) is 9.24. The number of benzene rings is 1. The van der Waals surface area contributed by atoms with Gasteiger partial charge < -0.3 is 10.1 Å². The minimum Gasteiger partial charge on any atom is -0.384 e. The van der Waals surface area contributed by atoms with Crippen molar-refractivity contribution in [3.63, 3.8) is 0 Å². The first-order valence-electron chi connectivity index (χ1n) is 6.23. The van der Waals surface area contributed by atoms with Crippen LogP contribution >= 0.6 is 27.3 Å². The molecule has 0 fully saturated rings. The highest BCUT2D eigenvalue weighted by Crippen LogP contribution is 2.29. The molecule has 0 bridgehead atoms. The molecular formula is C15H18BrNOS. The number of halogens is 1. The third-order valence-electron chi connectivity index (χ3n) is 3.12. The number of thiophene rings is 1. The number of ether oxygens (including phenoxy) is 1. The molecule has 4 heteroatoms. The zero-order valence-corrected chi connectivity index (χ0v) is 13.6. The standard InChI is InChI=1S/C15H18BrNOS/c1-17-15(13-9-14(16)19-10-13)12-5-3-11(4-6-12)7-8-18-2/h3-6,9-10,15,17H,7-8H2,1-2H3. The summed E-state index contributed by atoms with van der Waals surface area (Å²) in [7, 11) is 3.73. The van der Waals surface area contributed by atoms with Gasteiger partial charge in [-0.25, -0.2) is 0 Å². The summed E-state index contributed by atoms with van der Waals surface area (Å²) in [6, 6.07) is 11.2. The molecule has 0 aliphatic rings. The highest BCUT2D eigenvalue weighted by molar-refractivity contribution is 9.11. The molecular weight excluding hydrogens is 322 g/mol. The Balaban J connectivity index is 2.15. The molecule has 2 rings (SSSR count). The van der Waals surface area contributed by atoms with Gasteiger partial charge in [-0.2, -0.15) is 0 Å². The molecule has 2 nitrogen and oxygen atoms in total. The summed E-state index contributed by atoms with van der Waals surface area (Å²) in [4.78, 5) is 0. The predicted molar refractivity (Wildman–Crippen MR) is 84.9 cm³/mol. The molecule has 1 heterocycles. The predicted octanol–water partition coefficient (Wildman–Crippen LogP) is 4.01. The minimum atomic E-state index is 0.249. The van der Waals surface area contributed by atoms with E-state index in [1.165, 1.54) is 20.5 Å². The van der Waals surface area contributed by atoms with Gasteiger partial charge in [0.1, 0.15) is 0 Å². The number of nitrogens with one attached hydrogen (secondary N) is 1. The van der Waals surface area contributed by atoms with Crippen LogP contribution in [0.1, 0.15) is 22.7 Å². The van der Waals surface area contributed by atoms with E-state index < -0.39 is 0 Å². The first-order valence-corrected chi connectivity index (χ1v) is 7.91. The summed E-state index contributed by atoms with van der Waals surface area (Å²) in [6.45, 7) is 0.770. The smallest absolute Gasteiger partial charge is 0.0701 e. The summed E-state index contributed by atoms with van der Waals surface area (Å²) in [5, 5.41) is 5.56. The lowest BCUT2D eigenvalue weighted by atomic mass is 9.99. The zero-order valence-electron chi connectivity index (χ0n) is 11.2. The molecule has 102 valence electrons. The maximum atomic E-state index is 5.10. The van der Waals surface area contributed by atoms with Crippen molar-refractivity contribution in [2.24, 2.45) is 0 Å². The fourth-order valence-corrected chi connectivity index (χ4v) is 3.30. The Kier molecular flexibility index (Phi) is 5.58. The van der Waals surface area contributed by atoms with Gasteiger partial charge in [0.15, 0.2) is 0 Å². The van der Waals surface area contributed by atoms with E-state index in [-0.39, 0.29) is 6.04 Å². The van der Waals surface area contributed by atoms with Crippen molar-refractivity contribution < 1.29 is 4.74 Å². The lowest BCUT2D eigenvalue weighted by Crippen LogP contribution is -2.16. The molecule has 0 amide bonds. The van der Waals surface area contributed by atoms with Crippen molar-refractivity contribution in [2.75, 3.05) is 20.8 Å². The molecule has 1 N–H and O–H groups in total. The number of hydrogen-bond acceptors (Lipinski definition) is 3. The average Bonchev–Trinajstić information content (AvgIpc) is 2.85. The van der Waals surface area contributed by atoms with E-state index in [0.29, 0.717) is 0 Å². The second kappa shape index (κ2) is 7.20. The molecule has 1 aromatic carbocycles. The lowest BCUT2D eigenvalue weighted by Gasteiger charge is -2.16. The maximum Gasteiger partial charge on any atom is 0.0701 e. The first kappa shape index (κ1) is 14.7. The average molecular weight is 340 g/mol. The van der Waals surface area contributed by atoms with Crippen LogP contribution in [0.25, 0.3) is 0 Å². The number of hydrogen-bond donors (Lipinski definition) is 1. The van der Waals surface area contributed by atoms with Crippen molar-refractivity contribution in [1.29, 1.82) is 0 Å². The summed E-state index contributed by atoms with van der Waals surface area (Å²) >= 11 is 5.24. The Morgan fingerprint density at radius 2 is 2.00 bits per heavy atom. The molecule has 1 aromatic heterocycles. The van der Waals surface area contributed by atoms with E-state index in [4.69, 9.17) is 4.74 Å². The maximum absolute atomic E-state index is 5.10. The third kappa shape index (κ3) is 3.89. The molecule has 1 unspecified atom stereocenters. The number of rotatable bonds is 6. The highest BCUT2D eigenvalue weighted by atomic mass is 79.9. The quantitative estimate of drug-likeness (QED) is 0.858. The third-order valence-corrected chi connectivity index (χ3v) is 4.64. The van der Waals surface area contributed by atoms with Crippen molar-refractivity contribution in [3.8, 4) is 0 Å². The summed E-state index contributed by atoms with van der Waals surface area (Å²) in [6.07, 6.45) is 0.963. The fourth-order valence-electron chi connectivity index (χ4n) is 2.10. The van der Waals surface area contributed by atoms with E-state index in [1.807, 2.05) is 7.05 Å². The highest BCUT2D eigenvalue weighted by Gasteiger charge is 2.13. The number of methoxy groups -OCH3 is 1. The molecule has 1 atom stereocenters. The van der Waals surface area contributed by atoms with E-state index in [2.05, 4.69) is 57.0 Å². The van der Waals surface area contributed by atoms with Crippen LogP contribution in [0.4, 0.5) is 0 Å². The van der Waals surface area contributed by atoms with Crippen molar-refractivity contribution in [3.05, 3.63) is 56.2 Å². The van der Waals surface area contributed by atoms with Crippen LogP contribution in [0.5, 0.6) is 0 Å². The topological polar surface area (TPSA) is 21.3 Å². The van der Waals surface area contributed by atoms with E-state index >= 15 is 0 Å². The van der Waals surface area contributed by atoms with Gasteiger partial charge in [0.05, 0.1) is 16.4 Å². The minimum absolute atomic E-state index is 0.249. The Labute approximate surface area is 126 Å². The molecule has 0 radical (unpaired) electrons. The van der Waals surface area contributed by atoms with Gasteiger partial charge in [-0.1, -0.05) is 24.3 Å². The van der Waals surface area contributed by atoms with Crippen LogP contribution in [0, 0.1) is 0 Å². The van der Waals surface area contributed by atoms with Gasteiger partial charge in [0, 0.05) is 7.11 Å². The van der Waals surface area contributed by atoms with Crippen LogP contribution in [-0.4, -0.2) is 20.8 Å². The van der Waals surface area contributed by atoms with Crippen LogP contribution in [0.15, 0.2) is 39.5 Å². The molecule has 0 saturated heterocycles. The second-order valence-electron chi connectivity index (χ2n) is 4.39. The van der Waals surface area contributed by atoms with E-state index in [9.17, 15) is 0 Å². The van der Waals surface area contributed by atoms with Crippen LogP contribution in [-0.2, 0) is 11.2 Å². The Hall–Kier alpha value is -0.680.